The van der Waals surface area contributed by atoms with Gasteiger partial charge in [-0.2, -0.15) is 0 Å². The topological polar surface area (TPSA) is 69.6 Å². The SMILES string of the molecule is O=C(CC1(C(=O)O)CC1)NC1CCN(c2ccc(Cl)c(F)c2)C1. The van der Waals surface area contributed by atoms with E-state index in [4.69, 9.17) is 16.7 Å². The second kappa shape index (κ2) is 6.00. The van der Waals surface area contributed by atoms with Crippen molar-refractivity contribution in [2.75, 3.05) is 18.0 Å². The minimum absolute atomic E-state index is 0.0361. The standard InChI is InChI=1S/C16H18ClFN2O3/c17-12-2-1-11(7-13(12)18)20-6-3-10(9-20)19-14(21)8-16(4-5-16)15(22)23/h1-2,7,10H,3-6,8-9H2,(H,19,21)(H,22,23). The first kappa shape index (κ1) is 16.1. The van der Waals surface area contributed by atoms with Crippen LogP contribution in [0.4, 0.5) is 10.1 Å². The van der Waals surface area contributed by atoms with Crippen LogP contribution in [-0.4, -0.2) is 36.1 Å². The van der Waals surface area contributed by atoms with Gasteiger partial charge in [0, 0.05) is 31.2 Å². The second-order valence-corrected chi connectivity index (χ2v) is 6.77. The highest BCUT2D eigenvalue weighted by Crippen LogP contribution is 2.49. The first-order chi connectivity index (χ1) is 10.9. The minimum Gasteiger partial charge on any atom is -0.481 e. The lowest BCUT2D eigenvalue weighted by molar-refractivity contribution is -0.145. The Kier molecular flexibility index (Phi) is 4.19. The molecule has 2 fully saturated rings. The summed E-state index contributed by atoms with van der Waals surface area (Å²) in [5, 5.41) is 12.1. The molecule has 1 saturated heterocycles. The molecule has 1 aromatic rings. The van der Waals surface area contributed by atoms with Gasteiger partial charge >= 0.3 is 5.97 Å². The monoisotopic (exact) mass is 340 g/mol. The van der Waals surface area contributed by atoms with Crippen molar-refractivity contribution < 1.29 is 19.1 Å². The van der Waals surface area contributed by atoms with Gasteiger partial charge in [0.1, 0.15) is 5.82 Å². The number of carboxylic acids is 1. The number of benzene rings is 1. The molecule has 3 rings (SSSR count). The van der Waals surface area contributed by atoms with Crippen LogP contribution in [0.2, 0.25) is 5.02 Å². The highest BCUT2D eigenvalue weighted by Gasteiger charge is 2.51. The molecule has 0 aromatic heterocycles. The summed E-state index contributed by atoms with van der Waals surface area (Å²) >= 11 is 5.68. The molecular weight excluding hydrogens is 323 g/mol. The normalized spacial score (nSPS) is 22.0. The summed E-state index contributed by atoms with van der Waals surface area (Å²) < 4.78 is 13.5. The molecule has 0 spiro atoms. The van der Waals surface area contributed by atoms with Crippen molar-refractivity contribution in [3.8, 4) is 0 Å². The summed E-state index contributed by atoms with van der Waals surface area (Å²) in [5.74, 6) is -1.58. The zero-order valence-corrected chi connectivity index (χ0v) is 13.3. The predicted octanol–water partition coefficient (Wildman–Crippen LogP) is 2.43. The van der Waals surface area contributed by atoms with Crippen LogP contribution in [0.25, 0.3) is 0 Å². The Bertz CT molecular complexity index is 648. The van der Waals surface area contributed by atoms with Gasteiger partial charge in [-0.3, -0.25) is 9.59 Å². The number of carbonyl (C=O) groups is 2. The van der Waals surface area contributed by atoms with Gasteiger partial charge in [-0.1, -0.05) is 11.6 Å². The number of halogens is 2. The number of carbonyl (C=O) groups excluding carboxylic acids is 1. The van der Waals surface area contributed by atoms with Crippen LogP contribution in [0.1, 0.15) is 25.7 Å². The molecule has 1 amide bonds. The van der Waals surface area contributed by atoms with Crippen molar-refractivity contribution in [3.05, 3.63) is 29.0 Å². The van der Waals surface area contributed by atoms with Crippen LogP contribution in [0.15, 0.2) is 18.2 Å². The molecule has 124 valence electrons. The fourth-order valence-electron chi connectivity index (χ4n) is 3.00. The van der Waals surface area contributed by atoms with Crippen molar-refractivity contribution in [2.24, 2.45) is 5.41 Å². The summed E-state index contributed by atoms with van der Waals surface area (Å²) in [6.07, 6.45) is 1.91. The molecule has 1 saturated carbocycles. The Hall–Kier alpha value is -1.82. The molecule has 1 aliphatic carbocycles. The van der Waals surface area contributed by atoms with Gasteiger partial charge in [-0.15, -0.1) is 0 Å². The van der Waals surface area contributed by atoms with E-state index in [1.54, 1.807) is 6.07 Å². The van der Waals surface area contributed by atoms with E-state index in [1.165, 1.54) is 12.1 Å². The van der Waals surface area contributed by atoms with E-state index in [-0.39, 0.29) is 23.4 Å². The fraction of sp³-hybridized carbons (Fsp3) is 0.500. The molecule has 1 aromatic carbocycles. The Morgan fingerprint density at radius 2 is 2.17 bits per heavy atom. The Labute approximate surface area is 138 Å². The minimum atomic E-state index is -0.891. The average molecular weight is 341 g/mol. The third kappa shape index (κ3) is 3.42. The number of amides is 1. The molecule has 1 heterocycles. The van der Waals surface area contributed by atoms with Crippen molar-refractivity contribution in [2.45, 2.75) is 31.7 Å². The van der Waals surface area contributed by atoms with E-state index in [9.17, 15) is 14.0 Å². The van der Waals surface area contributed by atoms with E-state index in [0.717, 1.165) is 12.1 Å². The molecular formula is C16H18ClFN2O3. The smallest absolute Gasteiger partial charge is 0.310 e. The van der Waals surface area contributed by atoms with E-state index >= 15 is 0 Å². The summed E-state index contributed by atoms with van der Waals surface area (Å²) in [7, 11) is 0. The fourth-order valence-corrected chi connectivity index (χ4v) is 3.12. The molecule has 2 aliphatic rings. The van der Waals surface area contributed by atoms with Crippen LogP contribution in [0.5, 0.6) is 0 Å². The zero-order chi connectivity index (χ0) is 16.6. The number of hydrogen-bond acceptors (Lipinski definition) is 3. The van der Waals surface area contributed by atoms with E-state index < -0.39 is 17.2 Å². The average Bonchev–Trinajstić information content (AvgIpc) is 3.13. The highest BCUT2D eigenvalue weighted by molar-refractivity contribution is 6.30. The van der Waals surface area contributed by atoms with Crippen molar-refractivity contribution in [1.29, 1.82) is 0 Å². The molecule has 0 bridgehead atoms. The molecule has 0 radical (unpaired) electrons. The number of aliphatic carboxylic acids is 1. The number of nitrogens with zero attached hydrogens (tertiary/aromatic N) is 1. The molecule has 1 unspecified atom stereocenters. The van der Waals surface area contributed by atoms with Gasteiger partial charge < -0.3 is 15.3 Å². The number of hydrogen-bond donors (Lipinski definition) is 2. The lowest BCUT2D eigenvalue weighted by Gasteiger charge is -2.20. The summed E-state index contributed by atoms with van der Waals surface area (Å²) in [6.45, 7) is 1.28. The van der Waals surface area contributed by atoms with Crippen LogP contribution in [0, 0.1) is 11.2 Å². The van der Waals surface area contributed by atoms with E-state index in [1.807, 2.05) is 4.90 Å². The Morgan fingerprint density at radius 1 is 1.43 bits per heavy atom. The molecule has 5 nitrogen and oxygen atoms in total. The summed E-state index contributed by atoms with van der Waals surface area (Å²) in [6, 6.07) is 4.60. The van der Waals surface area contributed by atoms with E-state index in [0.29, 0.717) is 25.9 Å². The van der Waals surface area contributed by atoms with Crippen molar-refractivity contribution in [3.63, 3.8) is 0 Å². The van der Waals surface area contributed by atoms with Gasteiger partial charge in [0.05, 0.1) is 10.4 Å². The van der Waals surface area contributed by atoms with Crippen LogP contribution < -0.4 is 10.2 Å². The number of nitrogens with one attached hydrogen (secondary N) is 1. The number of rotatable bonds is 5. The zero-order valence-electron chi connectivity index (χ0n) is 12.5. The third-order valence-electron chi connectivity index (χ3n) is 4.63. The van der Waals surface area contributed by atoms with Gasteiger partial charge in [0.15, 0.2) is 0 Å². The Morgan fingerprint density at radius 3 is 2.78 bits per heavy atom. The largest absolute Gasteiger partial charge is 0.481 e. The summed E-state index contributed by atoms with van der Waals surface area (Å²) in [5.41, 5.74) is -0.116. The quantitative estimate of drug-likeness (QED) is 0.863. The van der Waals surface area contributed by atoms with Gasteiger partial charge in [0.25, 0.3) is 0 Å². The van der Waals surface area contributed by atoms with Gasteiger partial charge in [0.2, 0.25) is 5.91 Å². The van der Waals surface area contributed by atoms with Gasteiger partial charge in [-0.05, 0) is 37.5 Å². The maximum absolute atomic E-state index is 13.5. The summed E-state index contributed by atoms with van der Waals surface area (Å²) in [4.78, 5) is 25.1. The lowest BCUT2D eigenvalue weighted by Crippen LogP contribution is -2.39. The second-order valence-electron chi connectivity index (χ2n) is 6.36. The van der Waals surface area contributed by atoms with Gasteiger partial charge in [-0.25, -0.2) is 4.39 Å². The molecule has 23 heavy (non-hydrogen) atoms. The number of anilines is 1. The Balaban J connectivity index is 1.54. The number of carboxylic acid groups (broad SMARTS) is 1. The van der Waals surface area contributed by atoms with Crippen LogP contribution in [0.3, 0.4) is 0 Å². The maximum atomic E-state index is 13.5. The lowest BCUT2D eigenvalue weighted by atomic mass is 10.0. The highest BCUT2D eigenvalue weighted by atomic mass is 35.5. The molecule has 2 N–H and O–H groups in total. The maximum Gasteiger partial charge on any atom is 0.310 e. The molecule has 7 heteroatoms. The van der Waals surface area contributed by atoms with E-state index in [2.05, 4.69) is 5.32 Å². The first-order valence-corrected chi connectivity index (χ1v) is 8.00. The molecule has 1 atom stereocenters. The van der Waals surface area contributed by atoms with Crippen LogP contribution >= 0.6 is 11.6 Å². The van der Waals surface area contributed by atoms with Crippen molar-refractivity contribution in [1.82, 2.24) is 5.32 Å². The first-order valence-electron chi connectivity index (χ1n) is 7.62. The van der Waals surface area contributed by atoms with Crippen LogP contribution in [-0.2, 0) is 9.59 Å². The van der Waals surface area contributed by atoms with Crippen molar-refractivity contribution >= 4 is 29.2 Å². The predicted molar refractivity (Wildman–Crippen MR) is 84.1 cm³/mol. The third-order valence-corrected chi connectivity index (χ3v) is 4.93. The molecule has 1 aliphatic heterocycles.